The van der Waals surface area contributed by atoms with E-state index in [1.807, 2.05) is 6.92 Å². The maximum Gasteiger partial charge on any atom is 0.315 e. The molecule has 0 bridgehead atoms. The first-order valence-corrected chi connectivity index (χ1v) is 5.95. The van der Waals surface area contributed by atoms with E-state index in [0.717, 1.165) is 12.8 Å². The molecule has 17 heavy (non-hydrogen) atoms. The summed E-state index contributed by atoms with van der Waals surface area (Å²) in [7, 11) is 0. The van der Waals surface area contributed by atoms with E-state index in [1.54, 1.807) is 6.08 Å². The Morgan fingerprint density at radius 2 is 2.24 bits per heavy atom. The van der Waals surface area contributed by atoms with Crippen LogP contribution >= 0.6 is 0 Å². The lowest BCUT2D eigenvalue weighted by Crippen LogP contribution is -2.47. The van der Waals surface area contributed by atoms with Gasteiger partial charge in [-0.3, -0.25) is 4.79 Å². The number of aliphatic carboxylic acids is 1. The fourth-order valence-corrected chi connectivity index (χ4v) is 2.17. The zero-order valence-electron chi connectivity index (χ0n) is 10.1. The first kappa shape index (κ1) is 13.5. The quantitative estimate of drug-likeness (QED) is 0.637. The summed E-state index contributed by atoms with van der Waals surface area (Å²) in [6, 6.07) is -0.530. The van der Waals surface area contributed by atoms with Crippen molar-refractivity contribution in [2.45, 2.75) is 44.7 Å². The molecule has 0 aromatic rings. The van der Waals surface area contributed by atoms with Gasteiger partial charge in [-0.25, -0.2) is 4.79 Å². The molecule has 1 aliphatic carbocycles. The van der Waals surface area contributed by atoms with Crippen LogP contribution < -0.4 is 10.6 Å². The second-order valence-electron chi connectivity index (χ2n) is 4.53. The molecule has 0 heterocycles. The molecule has 3 N–H and O–H groups in total. The van der Waals surface area contributed by atoms with E-state index in [4.69, 9.17) is 5.11 Å². The van der Waals surface area contributed by atoms with E-state index in [-0.39, 0.29) is 18.1 Å². The Bertz CT molecular complexity index is 304. The van der Waals surface area contributed by atoms with Crippen LogP contribution in [-0.2, 0) is 4.79 Å². The van der Waals surface area contributed by atoms with Crippen LogP contribution in [0.1, 0.15) is 32.6 Å². The van der Waals surface area contributed by atoms with Crippen LogP contribution in [0, 0.1) is 5.92 Å². The van der Waals surface area contributed by atoms with Gasteiger partial charge < -0.3 is 15.7 Å². The summed E-state index contributed by atoms with van der Waals surface area (Å²) < 4.78 is 0. The molecule has 3 atom stereocenters. The van der Waals surface area contributed by atoms with Gasteiger partial charge >= 0.3 is 12.0 Å². The Balaban J connectivity index is 2.40. The zero-order valence-corrected chi connectivity index (χ0v) is 10.1. The highest BCUT2D eigenvalue weighted by molar-refractivity contribution is 5.77. The summed E-state index contributed by atoms with van der Waals surface area (Å²) in [6.45, 7) is 5.48. The first-order valence-electron chi connectivity index (χ1n) is 5.95. The van der Waals surface area contributed by atoms with E-state index in [2.05, 4.69) is 17.2 Å². The van der Waals surface area contributed by atoms with Crippen LogP contribution in [0.5, 0.6) is 0 Å². The molecular weight excluding hydrogens is 220 g/mol. The third-order valence-electron chi connectivity index (χ3n) is 3.05. The third-order valence-corrected chi connectivity index (χ3v) is 3.05. The summed E-state index contributed by atoms with van der Waals surface area (Å²) in [5.74, 6) is -1.28. The molecule has 1 fully saturated rings. The molecule has 0 spiro atoms. The average Bonchev–Trinajstić information content (AvgIpc) is 2.65. The second kappa shape index (κ2) is 6.27. The van der Waals surface area contributed by atoms with E-state index in [0.29, 0.717) is 12.8 Å². The fraction of sp³-hybridized carbons (Fsp3) is 0.667. The molecule has 1 saturated carbocycles. The Labute approximate surface area is 101 Å². The van der Waals surface area contributed by atoms with Gasteiger partial charge in [-0.1, -0.05) is 12.5 Å². The molecule has 2 amide bonds. The van der Waals surface area contributed by atoms with Crippen molar-refractivity contribution in [3.63, 3.8) is 0 Å². The van der Waals surface area contributed by atoms with Crippen molar-refractivity contribution in [3.8, 4) is 0 Å². The van der Waals surface area contributed by atoms with E-state index in [9.17, 15) is 9.59 Å². The Hall–Kier alpha value is -1.52. The zero-order chi connectivity index (χ0) is 12.8. The largest absolute Gasteiger partial charge is 0.481 e. The predicted octanol–water partition coefficient (Wildman–Crippen LogP) is 1.50. The maximum absolute atomic E-state index is 11.6. The van der Waals surface area contributed by atoms with Crippen molar-refractivity contribution in [1.82, 2.24) is 10.6 Å². The summed E-state index contributed by atoms with van der Waals surface area (Å²) in [6.07, 6.45) is 4.66. The molecule has 0 aromatic heterocycles. The minimum absolute atomic E-state index is 0.0113. The van der Waals surface area contributed by atoms with Crippen molar-refractivity contribution < 1.29 is 14.7 Å². The summed E-state index contributed by atoms with van der Waals surface area (Å²) in [5, 5.41) is 14.5. The average molecular weight is 240 g/mol. The molecular formula is C12H20N2O3. The van der Waals surface area contributed by atoms with Crippen molar-refractivity contribution in [2.24, 2.45) is 5.92 Å². The number of carboxylic acids is 1. The van der Waals surface area contributed by atoms with Gasteiger partial charge in [-0.2, -0.15) is 0 Å². The standard InChI is InChI=1S/C12H20N2O3/c1-3-5-8(2)13-12(17)14-10-7-4-6-9(10)11(15)16/h3,8-10H,1,4-7H2,2H3,(H,15,16)(H2,13,14,17). The first-order chi connectivity index (χ1) is 8.04. The van der Waals surface area contributed by atoms with Crippen LogP contribution in [0.2, 0.25) is 0 Å². The second-order valence-corrected chi connectivity index (χ2v) is 4.53. The van der Waals surface area contributed by atoms with Gasteiger partial charge in [0.2, 0.25) is 0 Å². The summed E-state index contributed by atoms with van der Waals surface area (Å²) in [4.78, 5) is 22.5. The van der Waals surface area contributed by atoms with Crippen molar-refractivity contribution >= 4 is 12.0 Å². The van der Waals surface area contributed by atoms with Crippen molar-refractivity contribution in [3.05, 3.63) is 12.7 Å². The Morgan fingerprint density at radius 3 is 2.82 bits per heavy atom. The lowest BCUT2D eigenvalue weighted by atomic mass is 10.0. The number of carbonyl (C=O) groups is 2. The van der Waals surface area contributed by atoms with Crippen molar-refractivity contribution in [1.29, 1.82) is 0 Å². The van der Waals surface area contributed by atoms with Crippen LogP contribution in [0.25, 0.3) is 0 Å². The minimum Gasteiger partial charge on any atom is -0.481 e. The molecule has 1 aliphatic rings. The molecule has 1 rings (SSSR count). The topological polar surface area (TPSA) is 78.4 Å². The van der Waals surface area contributed by atoms with Crippen LogP contribution in [0.3, 0.4) is 0 Å². The van der Waals surface area contributed by atoms with Gasteiger partial charge in [-0.15, -0.1) is 6.58 Å². The lowest BCUT2D eigenvalue weighted by Gasteiger charge is -2.19. The van der Waals surface area contributed by atoms with Crippen molar-refractivity contribution in [2.75, 3.05) is 0 Å². The highest BCUT2D eigenvalue weighted by atomic mass is 16.4. The molecule has 96 valence electrons. The number of hydrogen-bond donors (Lipinski definition) is 3. The number of urea groups is 1. The van der Waals surface area contributed by atoms with Gasteiger partial charge in [0, 0.05) is 12.1 Å². The number of carboxylic acid groups (broad SMARTS) is 1. The summed E-state index contributed by atoms with van der Waals surface area (Å²) in [5.41, 5.74) is 0. The number of rotatable bonds is 5. The van der Waals surface area contributed by atoms with E-state index in [1.165, 1.54) is 0 Å². The third kappa shape index (κ3) is 4.09. The van der Waals surface area contributed by atoms with E-state index >= 15 is 0 Å². The van der Waals surface area contributed by atoms with E-state index < -0.39 is 11.9 Å². The van der Waals surface area contributed by atoms with Gasteiger partial charge in [-0.05, 0) is 26.2 Å². The summed E-state index contributed by atoms with van der Waals surface area (Å²) >= 11 is 0. The Morgan fingerprint density at radius 1 is 1.53 bits per heavy atom. The highest BCUT2D eigenvalue weighted by Gasteiger charge is 2.33. The molecule has 0 aromatic carbocycles. The number of nitrogens with one attached hydrogen (secondary N) is 2. The van der Waals surface area contributed by atoms with Crippen LogP contribution in [0.15, 0.2) is 12.7 Å². The highest BCUT2D eigenvalue weighted by Crippen LogP contribution is 2.25. The lowest BCUT2D eigenvalue weighted by molar-refractivity contribution is -0.142. The smallest absolute Gasteiger partial charge is 0.315 e. The minimum atomic E-state index is -0.827. The number of carbonyl (C=O) groups excluding carboxylic acids is 1. The maximum atomic E-state index is 11.6. The van der Waals surface area contributed by atoms with Crippen LogP contribution in [0.4, 0.5) is 4.79 Å². The molecule has 5 heteroatoms. The monoisotopic (exact) mass is 240 g/mol. The Kier molecular flexibility index (Phi) is 5.00. The van der Waals surface area contributed by atoms with Gasteiger partial charge in [0.25, 0.3) is 0 Å². The van der Waals surface area contributed by atoms with Crippen LogP contribution in [-0.4, -0.2) is 29.2 Å². The number of hydrogen-bond acceptors (Lipinski definition) is 2. The number of amides is 2. The molecule has 0 radical (unpaired) electrons. The van der Waals surface area contributed by atoms with Gasteiger partial charge in [0.1, 0.15) is 0 Å². The SMILES string of the molecule is C=CCC(C)NC(=O)NC1CCCC1C(=O)O. The molecule has 3 unspecified atom stereocenters. The van der Waals surface area contributed by atoms with Gasteiger partial charge in [0.15, 0.2) is 0 Å². The van der Waals surface area contributed by atoms with Gasteiger partial charge in [0.05, 0.1) is 5.92 Å². The predicted molar refractivity (Wildman–Crippen MR) is 64.7 cm³/mol. The molecule has 0 aliphatic heterocycles. The normalized spacial score (nSPS) is 25.0. The molecule has 0 saturated heterocycles. The fourth-order valence-electron chi connectivity index (χ4n) is 2.17. The molecule has 5 nitrogen and oxygen atoms in total.